The van der Waals surface area contributed by atoms with Crippen molar-refractivity contribution in [3.63, 3.8) is 0 Å². The summed E-state index contributed by atoms with van der Waals surface area (Å²) in [6, 6.07) is 6.74. The highest BCUT2D eigenvalue weighted by Gasteiger charge is 2.20. The van der Waals surface area contributed by atoms with Gasteiger partial charge in [0.1, 0.15) is 13.2 Å². The minimum atomic E-state index is 0. The maximum Gasteiger partial charge on any atom is 0.161 e. The Bertz CT molecular complexity index is 422. The van der Waals surface area contributed by atoms with Gasteiger partial charge in [0.25, 0.3) is 0 Å². The third-order valence-electron chi connectivity index (χ3n) is 3.75. The molecule has 19 heavy (non-hydrogen) atoms. The van der Waals surface area contributed by atoms with E-state index in [0.717, 1.165) is 37.7 Å². The van der Waals surface area contributed by atoms with Gasteiger partial charge in [-0.2, -0.15) is 0 Å². The maximum atomic E-state index is 5.65. The molecular formula is C14H21ClN2O2. The number of ether oxygens (including phenoxy) is 2. The van der Waals surface area contributed by atoms with Crippen molar-refractivity contribution in [1.82, 2.24) is 10.2 Å². The molecule has 0 saturated carbocycles. The Labute approximate surface area is 120 Å². The van der Waals surface area contributed by atoms with Crippen LogP contribution in [0.1, 0.15) is 18.5 Å². The van der Waals surface area contributed by atoms with Gasteiger partial charge in [-0.1, -0.05) is 6.07 Å². The Morgan fingerprint density at radius 1 is 1.11 bits per heavy atom. The van der Waals surface area contributed by atoms with Crippen molar-refractivity contribution in [3.05, 3.63) is 23.8 Å². The van der Waals surface area contributed by atoms with E-state index < -0.39 is 0 Å². The van der Waals surface area contributed by atoms with E-state index in [9.17, 15) is 0 Å². The summed E-state index contributed by atoms with van der Waals surface area (Å²) in [5, 5.41) is 3.38. The molecule has 1 atom stereocenters. The number of fused-ring (bicyclic) bond motifs is 1. The van der Waals surface area contributed by atoms with E-state index in [1.807, 2.05) is 6.07 Å². The molecule has 1 unspecified atom stereocenters. The predicted molar refractivity (Wildman–Crippen MR) is 77.5 cm³/mol. The summed E-state index contributed by atoms with van der Waals surface area (Å²) < 4.78 is 11.2. The highest BCUT2D eigenvalue weighted by molar-refractivity contribution is 5.85. The highest BCUT2D eigenvalue weighted by Crippen LogP contribution is 2.33. The molecule has 2 aliphatic rings. The first kappa shape index (κ1) is 14.4. The van der Waals surface area contributed by atoms with Crippen molar-refractivity contribution in [1.29, 1.82) is 0 Å². The van der Waals surface area contributed by atoms with Crippen molar-refractivity contribution in [3.8, 4) is 11.5 Å². The van der Waals surface area contributed by atoms with Crippen LogP contribution in [0, 0.1) is 0 Å². The SMILES string of the molecule is CC(c1ccc2c(c1)OCCO2)N1CCNCC1.Cl. The summed E-state index contributed by atoms with van der Waals surface area (Å²) in [6.07, 6.45) is 0. The number of nitrogens with one attached hydrogen (secondary N) is 1. The van der Waals surface area contributed by atoms with Crippen LogP contribution >= 0.6 is 12.4 Å². The third kappa shape index (κ3) is 3.14. The van der Waals surface area contributed by atoms with Crippen LogP contribution in [-0.2, 0) is 0 Å². The van der Waals surface area contributed by atoms with E-state index in [1.54, 1.807) is 0 Å². The maximum absolute atomic E-state index is 5.65. The van der Waals surface area contributed by atoms with Crippen LogP contribution in [0.25, 0.3) is 0 Å². The summed E-state index contributed by atoms with van der Waals surface area (Å²) in [4.78, 5) is 2.50. The van der Waals surface area contributed by atoms with Gasteiger partial charge < -0.3 is 14.8 Å². The number of piperazine rings is 1. The Balaban J connectivity index is 0.00000133. The molecule has 2 heterocycles. The first-order chi connectivity index (χ1) is 8.84. The van der Waals surface area contributed by atoms with Gasteiger partial charge in [-0.05, 0) is 24.6 Å². The minimum absolute atomic E-state index is 0. The molecule has 4 nitrogen and oxygen atoms in total. The number of nitrogens with zero attached hydrogens (tertiary/aromatic N) is 1. The Morgan fingerprint density at radius 2 is 1.79 bits per heavy atom. The first-order valence-corrected chi connectivity index (χ1v) is 6.69. The highest BCUT2D eigenvalue weighted by atomic mass is 35.5. The van der Waals surface area contributed by atoms with E-state index >= 15 is 0 Å². The normalized spacial score (nSPS) is 20.5. The molecule has 5 heteroatoms. The number of hydrogen-bond acceptors (Lipinski definition) is 4. The number of halogens is 1. The van der Waals surface area contributed by atoms with Gasteiger partial charge in [0.2, 0.25) is 0 Å². The second kappa shape index (κ2) is 6.46. The summed E-state index contributed by atoms with van der Waals surface area (Å²) in [5.41, 5.74) is 1.31. The molecule has 0 bridgehead atoms. The molecule has 1 saturated heterocycles. The monoisotopic (exact) mass is 284 g/mol. The quantitative estimate of drug-likeness (QED) is 0.899. The molecule has 106 valence electrons. The molecular weight excluding hydrogens is 264 g/mol. The molecule has 1 aromatic rings. The lowest BCUT2D eigenvalue weighted by atomic mass is 10.1. The molecule has 1 aromatic carbocycles. The van der Waals surface area contributed by atoms with Crippen LogP contribution in [0.5, 0.6) is 11.5 Å². The van der Waals surface area contributed by atoms with Gasteiger partial charge in [-0.15, -0.1) is 12.4 Å². The molecule has 3 rings (SSSR count). The predicted octanol–water partition coefficient (Wildman–Crippen LogP) is 1.85. The van der Waals surface area contributed by atoms with Gasteiger partial charge in [-0.3, -0.25) is 4.90 Å². The fourth-order valence-electron chi connectivity index (χ4n) is 2.60. The van der Waals surface area contributed by atoms with Gasteiger partial charge >= 0.3 is 0 Å². The van der Waals surface area contributed by atoms with Crippen molar-refractivity contribution >= 4 is 12.4 Å². The molecule has 1 fully saturated rings. The second-order valence-electron chi connectivity index (χ2n) is 4.87. The van der Waals surface area contributed by atoms with E-state index in [2.05, 4.69) is 29.3 Å². The second-order valence-corrected chi connectivity index (χ2v) is 4.87. The lowest BCUT2D eigenvalue weighted by molar-refractivity contribution is 0.168. The molecule has 0 aliphatic carbocycles. The Kier molecular flexibility index (Phi) is 4.91. The van der Waals surface area contributed by atoms with Crippen LogP contribution in [0.15, 0.2) is 18.2 Å². The van der Waals surface area contributed by atoms with Gasteiger partial charge in [-0.25, -0.2) is 0 Å². The zero-order chi connectivity index (χ0) is 12.4. The first-order valence-electron chi connectivity index (χ1n) is 6.69. The zero-order valence-electron chi connectivity index (χ0n) is 11.2. The summed E-state index contributed by atoms with van der Waals surface area (Å²) in [6.45, 7) is 7.93. The summed E-state index contributed by atoms with van der Waals surface area (Å²) in [5.74, 6) is 1.76. The molecule has 0 spiro atoms. The van der Waals surface area contributed by atoms with Crippen LogP contribution < -0.4 is 14.8 Å². The molecule has 2 aliphatic heterocycles. The van der Waals surface area contributed by atoms with Crippen LogP contribution in [0.3, 0.4) is 0 Å². The average Bonchev–Trinajstić information content (AvgIpc) is 2.47. The van der Waals surface area contributed by atoms with E-state index in [0.29, 0.717) is 19.3 Å². The van der Waals surface area contributed by atoms with Crippen LogP contribution in [0.2, 0.25) is 0 Å². The lowest BCUT2D eigenvalue weighted by Crippen LogP contribution is -2.44. The van der Waals surface area contributed by atoms with E-state index in [4.69, 9.17) is 9.47 Å². The smallest absolute Gasteiger partial charge is 0.161 e. The van der Waals surface area contributed by atoms with E-state index in [-0.39, 0.29) is 12.4 Å². The topological polar surface area (TPSA) is 33.7 Å². The van der Waals surface area contributed by atoms with Crippen molar-refractivity contribution in [2.45, 2.75) is 13.0 Å². The molecule has 1 N–H and O–H groups in total. The fraction of sp³-hybridized carbons (Fsp3) is 0.571. The summed E-state index contributed by atoms with van der Waals surface area (Å²) >= 11 is 0. The van der Waals surface area contributed by atoms with E-state index in [1.165, 1.54) is 5.56 Å². The lowest BCUT2D eigenvalue weighted by Gasteiger charge is -2.33. The third-order valence-corrected chi connectivity index (χ3v) is 3.75. The fourth-order valence-corrected chi connectivity index (χ4v) is 2.60. The molecule has 0 amide bonds. The largest absolute Gasteiger partial charge is 0.486 e. The van der Waals surface area contributed by atoms with Gasteiger partial charge in [0.15, 0.2) is 11.5 Å². The van der Waals surface area contributed by atoms with Crippen molar-refractivity contribution in [2.24, 2.45) is 0 Å². The molecule has 0 aromatic heterocycles. The number of benzene rings is 1. The van der Waals surface area contributed by atoms with Crippen molar-refractivity contribution < 1.29 is 9.47 Å². The molecule has 0 radical (unpaired) electrons. The summed E-state index contributed by atoms with van der Waals surface area (Å²) in [7, 11) is 0. The Morgan fingerprint density at radius 3 is 2.53 bits per heavy atom. The van der Waals surface area contributed by atoms with Crippen LogP contribution in [-0.4, -0.2) is 44.3 Å². The van der Waals surface area contributed by atoms with Gasteiger partial charge in [0, 0.05) is 32.2 Å². The number of hydrogen-bond donors (Lipinski definition) is 1. The number of rotatable bonds is 2. The standard InChI is InChI=1S/C14H20N2O2.ClH/c1-11(16-6-4-15-5-7-16)12-2-3-13-14(10-12)18-9-8-17-13;/h2-3,10-11,15H,4-9H2,1H3;1H. The average molecular weight is 285 g/mol. The van der Waals surface area contributed by atoms with Crippen LogP contribution in [0.4, 0.5) is 0 Å². The minimum Gasteiger partial charge on any atom is -0.486 e. The zero-order valence-corrected chi connectivity index (χ0v) is 12.0. The van der Waals surface area contributed by atoms with Gasteiger partial charge in [0.05, 0.1) is 0 Å². The Hall–Kier alpha value is -0.970. The van der Waals surface area contributed by atoms with Crippen molar-refractivity contribution in [2.75, 3.05) is 39.4 Å².